The first-order valence-corrected chi connectivity index (χ1v) is 9.77. The van der Waals surface area contributed by atoms with E-state index in [1.165, 1.54) is 25.3 Å². The molecule has 0 saturated carbocycles. The minimum Gasteiger partial charge on any atom is -0.495 e. The number of hydrogen-bond acceptors (Lipinski definition) is 4. The Bertz CT molecular complexity index is 1060. The van der Waals surface area contributed by atoms with Crippen molar-refractivity contribution in [2.75, 3.05) is 17.7 Å². The molecule has 0 radical (unpaired) electrons. The molecule has 2 N–H and O–H groups in total. The van der Waals surface area contributed by atoms with Gasteiger partial charge in [-0.2, -0.15) is 0 Å². The van der Waals surface area contributed by atoms with Crippen LogP contribution in [0.2, 0.25) is 0 Å². The van der Waals surface area contributed by atoms with E-state index in [2.05, 4.69) is 10.6 Å². The molecule has 0 heterocycles. The first-order chi connectivity index (χ1) is 15.0. The molecule has 0 spiro atoms. The van der Waals surface area contributed by atoms with Crippen molar-refractivity contribution in [3.63, 3.8) is 0 Å². The predicted octanol–water partition coefficient (Wildman–Crippen LogP) is 4.88. The summed E-state index contributed by atoms with van der Waals surface area (Å²) < 4.78 is 24.5. The largest absolute Gasteiger partial charge is 0.495 e. The number of halogens is 1. The lowest BCUT2D eigenvalue weighted by molar-refractivity contribution is -0.122. The summed E-state index contributed by atoms with van der Waals surface area (Å²) in [6, 6.07) is 19.3. The van der Waals surface area contributed by atoms with E-state index in [-0.39, 0.29) is 11.5 Å². The standard InChI is InChI=1S/C24H23FN2O4/c1-3-21(31-19-10-5-4-6-11-19)24(29)26-18-12-13-22(30-2)20(15-18)27-23(28)16-8-7-9-17(25)14-16/h4-15,21H,3H2,1-2H3,(H,26,29)(H,27,28)/t21-/m1/s1. The quantitative estimate of drug-likeness (QED) is 0.542. The molecule has 0 aliphatic carbocycles. The highest BCUT2D eigenvalue weighted by Crippen LogP contribution is 2.28. The highest BCUT2D eigenvalue weighted by molar-refractivity contribution is 6.05. The van der Waals surface area contributed by atoms with Gasteiger partial charge in [-0.1, -0.05) is 31.2 Å². The van der Waals surface area contributed by atoms with Crippen LogP contribution in [-0.2, 0) is 4.79 Å². The number of ether oxygens (including phenoxy) is 2. The van der Waals surface area contributed by atoms with Gasteiger partial charge in [0.05, 0.1) is 12.8 Å². The van der Waals surface area contributed by atoms with Gasteiger partial charge in [-0.15, -0.1) is 0 Å². The molecule has 6 nitrogen and oxygen atoms in total. The predicted molar refractivity (Wildman–Crippen MR) is 117 cm³/mol. The number of nitrogens with one attached hydrogen (secondary N) is 2. The van der Waals surface area contributed by atoms with Gasteiger partial charge in [-0.25, -0.2) is 4.39 Å². The second-order valence-electron chi connectivity index (χ2n) is 6.70. The van der Waals surface area contributed by atoms with E-state index >= 15 is 0 Å². The van der Waals surface area contributed by atoms with Gasteiger partial charge in [0.1, 0.15) is 17.3 Å². The van der Waals surface area contributed by atoms with Gasteiger partial charge in [-0.3, -0.25) is 9.59 Å². The van der Waals surface area contributed by atoms with Crippen molar-refractivity contribution in [1.82, 2.24) is 0 Å². The molecule has 7 heteroatoms. The minimum atomic E-state index is -0.685. The molecule has 2 amide bonds. The number of hydrogen-bond donors (Lipinski definition) is 2. The summed E-state index contributed by atoms with van der Waals surface area (Å²) in [7, 11) is 1.46. The van der Waals surface area contributed by atoms with E-state index in [1.54, 1.807) is 30.3 Å². The molecular formula is C24H23FN2O4. The van der Waals surface area contributed by atoms with Crippen LogP contribution in [0.5, 0.6) is 11.5 Å². The highest BCUT2D eigenvalue weighted by Gasteiger charge is 2.19. The van der Waals surface area contributed by atoms with Crippen molar-refractivity contribution >= 4 is 23.2 Å². The third-order valence-corrected chi connectivity index (χ3v) is 4.49. The van der Waals surface area contributed by atoms with E-state index in [0.29, 0.717) is 29.3 Å². The second kappa shape index (κ2) is 10.2. The number of amides is 2. The fourth-order valence-corrected chi connectivity index (χ4v) is 2.92. The number of rotatable bonds is 8. The lowest BCUT2D eigenvalue weighted by Crippen LogP contribution is -2.32. The highest BCUT2D eigenvalue weighted by atomic mass is 19.1. The van der Waals surface area contributed by atoms with Crippen LogP contribution in [0.3, 0.4) is 0 Å². The van der Waals surface area contributed by atoms with Crippen LogP contribution in [0.1, 0.15) is 23.7 Å². The maximum absolute atomic E-state index is 13.4. The fraction of sp³-hybridized carbons (Fsp3) is 0.167. The normalized spacial score (nSPS) is 11.3. The van der Waals surface area contributed by atoms with Gasteiger partial charge in [0.15, 0.2) is 6.10 Å². The number of benzene rings is 3. The van der Waals surface area contributed by atoms with Crippen LogP contribution in [0.4, 0.5) is 15.8 Å². The van der Waals surface area contributed by atoms with Crippen LogP contribution in [0, 0.1) is 5.82 Å². The number of methoxy groups -OCH3 is 1. The maximum Gasteiger partial charge on any atom is 0.265 e. The molecule has 0 aliphatic heterocycles. The number of anilines is 2. The van der Waals surface area contributed by atoms with Crippen molar-refractivity contribution in [3.05, 3.63) is 84.2 Å². The Morgan fingerprint density at radius 3 is 2.42 bits per heavy atom. The van der Waals surface area contributed by atoms with Gasteiger partial charge >= 0.3 is 0 Å². The molecule has 0 unspecified atom stereocenters. The molecule has 160 valence electrons. The number of carbonyl (C=O) groups excluding carboxylic acids is 2. The van der Waals surface area contributed by atoms with Gasteiger partial charge in [-0.05, 0) is 55.0 Å². The van der Waals surface area contributed by atoms with E-state index < -0.39 is 17.8 Å². The SMILES string of the molecule is CC[C@@H](Oc1ccccc1)C(=O)Nc1ccc(OC)c(NC(=O)c2cccc(F)c2)c1. The molecule has 1 atom stereocenters. The summed E-state index contributed by atoms with van der Waals surface area (Å²) in [6.07, 6.45) is -0.213. The van der Waals surface area contributed by atoms with Gasteiger partial charge < -0.3 is 20.1 Å². The average Bonchev–Trinajstić information content (AvgIpc) is 2.78. The van der Waals surface area contributed by atoms with Crippen LogP contribution in [-0.4, -0.2) is 25.0 Å². The fourth-order valence-electron chi connectivity index (χ4n) is 2.92. The second-order valence-corrected chi connectivity index (χ2v) is 6.70. The Kier molecular flexibility index (Phi) is 7.22. The van der Waals surface area contributed by atoms with Gasteiger partial charge in [0.2, 0.25) is 0 Å². The molecule has 0 aromatic heterocycles. The third-order valence-electron chi connectivity index (χ3n) is 4.49. The topological polar surface area (TPSA) is 76.7 Å². The van der Waals surface area contributed by atoms with Crippen molar-refractivity contribution < 1.29 is 23.5 Å². The van der Waals surface area contributed by atoms with Crippen molar-refractivity contribution in [3.8, 4) is 11.5 Å². The number of carbonyl (C=O) groups is 2. The molecule has 0 fully saturated rings. The summed E-state index contributed by atoms with van der Waals surface area (Å²) in [5.41, 5.74) is 0.959. The monoisotopic (exact) mass is 422 g/mol. The maximum atomic E-state index is 13.4. The van der Waals surface area contributed by atoms with Crippen LogP contribution in [0.25, 0.3) is 0 Å². The molecule has 31 heavy (non-hydrogen) atoms. The lowest BCUT2D eigenvalue weighted by atomic mass is 10.2. The molecule has 0 saturated heterocycles. The van der Waals surface area contributed by atoms with Crippen molar-refractivity contribution in [2.24, 2.45) is 0 Å². The smallest absolute Gasteiger partial charge is 0.265 e. The molecule has 0 bridgehead atoms. The van der Waals surface area contributed by atoms with Crippen molar-refractivity contribution in [2.45, 2.75) is 19.4 Å². The summed E-state index contributed by atoms with van der Waals surface area (Å²) in [4.78, 5) is 25.2. The molecule has 3 rings (SSSR count). The Labute approximate surface area is 180 Å². The Morgan fingerprint density at radius 2 is 1.74 bits per heavy atom. The van der Waals surface area contributed by atoms with Crippen LogP contribution < -0.4 is 20.1 Å². The summed E-state index contributed by atoms with van der Waals surface area (Å²) in [5.74, 6) is -0.332. The molecular weight excluding hydrogens is 399 g/mol. The van der Waals surface area contributed by atoms with E-state index in [0.717, 1.165) is 6.07 Å². The van der Waals surface area contributed by atoms with E-state index in [4.69, 9.17) is 9.47 Å². The Morgan fingerprint density at radius 1 is 0.968 bits per heavy atom. The van der Waals surface area contributed by atoms with Gasteiger partial charge in [0.25, 0.3) is 11.8 Å². The first-order valence-electron chi connectivity index (χ1n) is 9.77. The summed E-state index contributed by atoms with van der Waals surface area (Å²) in [5, 5.41) is 5.48. The zero-order chi connectivity index (χ0) is 22.2. The lowest BCUT2D eigenvalue weighted by Gasteiger charge is -2.18. The average molecular weight is 422 g/mol. The summed E-state index contributed by atoms with van der Waals surface area (Å²) >= 11 is 0. The number of para-hydroxylation sites is 1. The molecule has 0 aliphatic rings. The van der Waals surface area contributed by atoms with E-state index in [1.807, 2.05) is 25.1 Å². The van der Waals surface area contributed by atoms with Gasteiger partial charge in [0, 0.05) is 11.3 Å². The Balaban J connectivity index is 1.74. The van der Waals surface area contributed by atoms with Crippen LogP contribution >= 0.6 is 0 Å². The summed E-state index contributed by atoms with van der Waals surface area (Å²) in [6.45, 7) is 1.85. The molecule has 3 aromatic carbocycles. The zero-order valence-electron chi connectivity index (χ0n) is 17.2. The van der Waals surface area contributed by atoms with E-state index in [9.17, 15) is 14.0 Å². The minimum absolute atomic E-state index is 0.166. The van der Waals surface area contributed by atoms with Crippen molar-refractivity contribution in [1.29, 1.82) is 0 Å². The van der Waals surface area contributed by atoms with Crippen LogP contribution in [0.15, 0.2) is 72.8 Å². The zero-order valence-corrected chi connectivity index (χ0v) is 17.2. The third kappa shape index (κ3) is 5.82. The molecule has 3 aromatic rings. The Hall–Kier alpha value is -3.87. The first kappa shape index (κ1) is 21.8.